The van der Waals surface area contributed by atoms with Gasteiger partial charge in [0.1, 0.15) is 11.6 Å². The molecule has 3 atom stereocenters. The number of hydrogen-bond acceptors (Lipinski definition) is 4. The number of carbonyl (C=O) groups is 1. The van der Waals surface area contributed by atoms with E-state index in [0.717, 1.165) is 0 Å². The van der Waals surface area contributed by atoms with Gasteiger partial charge in [-0.05, 0) is 24.6 Å². The van der Waals surface area contributed by atoms with E-state index in [1.54, 1.807) is 30.3 Å². The number of nitrogens with one attached hydrogen (secondary N) is 2. The van der Waals surface area contributed by atoms with Crippen LogP contribution < -0.4 is 5.32 Å². The Labute approximate surface area is 158 Å². The van der Waals surface area contributed by atoms with Crippen LogP contribution in [0.5, 0.6) is 0 Å². The van der Waals surface area contributed by atoms with Crippen LogP contribution in [0, 0.1) is 11.2 Å². The number of aromatic amines is 1. The molecule has 2 heterocycles. The molecule has 0 radical (unpaired) electrons. The molecule has 2 aromatic rings. The molecule has 1 aromatic carbocycles. The van der Waals surface area contributed by atoms with E-state index >= 15 is 0 Å². The number of benzene rings is 1. The smallest absolute Gasteiger partial charge is 0.240 e. The highest BCUT2D eigenvalue weighted by molar-refractivity contribution is 5.83. The van der Waals surface area contributed by atoms with E-state index in [0.29, 0.717) is 23.5 Å². The minimum atomic E-state index is -0.598. The van der Waals surface area contributed by atoms with Crippen LogP contribution >= 0.6 is 0 Å². The molecule has 0 saturated carbocycles. The number of likely N-dealkylation sites (N-methyl/N-ethyl adjacent to an activating group) is 1. The fourth-order valence-electron chi connectivity index (χ4n) is 3.72. The minimum absolute atomic E-state index is 0.0599. The molecule has 146 valence electrons. The molecule has 1 aromatic heterocycles. The molecular weight excluding hydrogens is 347 g/mol. The summed E-state index contributed by atoms with van der Waals surface area (Å²) in [5.41, 5.74) is 1.10. The van der Waals surface area contributed by atoms with Gasteiger partial charge in [0.15, 0.2) is 0 Å². The third-order valence-corrected chi connectivity index (χ3v) is 5.01. The number of likely N-dealkylation sites (tertiary alicyclic amines) is 1. The molecular formula is C20H27FN4O2. The van der Waals surface area contributed by atoms with E-state index in [2.05, 4.69) is 15.3 Å². The topological polar surface area (TPSA) is 81.2 Å². The van der Waals surface area contributed by atoms with Crippen LogP contribution in [0.1, 0.15) is 39.1 Å². The van der Waals surface area contributed by atoms with Crippen molar-refractivity contribution in [1.82, 2.24) is 20.2 Å². The average Bonchev–Trinajstić information content (AvgIpc) is 3.20. The number of carbonyl (C=O) groups excluding carboxylic acids is 1. The van der Waals surface area contributed by atoms with Crippen molar-refractivity contribution < 1.29 is 14.3 Å². The molecule has 1 saturated heterocycles. The Morgan fingerprint density at radius 1 is 1.44 bits per heavy atom. The second kappa shape index (κ2) is 7.40. The number of β-amino-alcohol motifs (C(OH)–C–C–N with tert-alkyl or cyclic N) is 1. The molecule has 1 amide bonds. The SMILES string of the molecule is CN[C@H](C(=O)N1C[C@H](O)C[C@H]1c1ncc(-c2cccc(F)c2)[nH]1)C(C)(C)C. The van der Waals surface area contributed by atoms with Crippen LogP contribution in [-0.4, -0.2) is 51.6 Å². The fraction of sp³-hybridized carbons (Fsp3) is 0.500. The predicted octanol–water partition coefficient (Wildman–Crippen LogP) is 2.48. The largest absolute Gasteiger partial charge is 0.391 e. The Morgan fingerprint density at radius 2 is 2.19 bits per heavy atom. The molecule has 0 aliphatic carbocycles. The summed E-state index contributed by atoms with van der Waals surface area (Å²) in [6, 6.07) is 5.54. The van der Waals surface area contributed by atoms with Crippen molar-refractivity contribution in [2.75, 3.05) is 13.6 Å². The lowest BCUT2D eigenvalue weighted by Gasteiger charge is -2.34. The van der Waals surface area contributed by atoms with E-state index in [9.17, 15) is 14.3 Å². The molecule has 7 heteroatoms. The molecule has 3 rings (SSSR count). The Bertz CT molecular complexity index is 814. The number of imidazole rings is 1. The molecule has 6 nitrogen and oxygen atoms in total. The third-order valence-electron chi connectivity index (χ3n) is 5.01. The van der Waals surface area contributed by atoms with Crippen LogP contribution in [0.15, 0.2) is 30.5 Å². The zero-order valence-corrected chi connectivity index (χ0v) is 16.2. The average molecular weight is 374 g/mol. The first-order chi connectivity index (χ1) is 12.7. The number of hydrogen-bond donors (Lipinski definition) is 3. The maximum absolute atomic E-state index is 13.5. The molecule has 1 fully saturated rings. The minimum Gasteiger partial charge on any atom is -0.391 e. The zero-order chi connectivity index (χ0) is 19.8. The lowest BCUT2D eigenvalue weighted by Crippen LogP contribution is -2.52. The number of aromatic nitrogens is 2. The molecule has 0 bridgehead atoms. The van der Waals surface area contributed by atoms with Crippen LogP contribution in [0.4, 0.5) is 4.39 Å². The van der Waals surface area contributed by atoms with Crippen molar-refractivity contribution in [3.63, 3.8) is 0 Å². The van der Waals surface area contributed by atoms with Crippen molar-refractivity contribution in [3.05, 3.63) is 42.1 Å². The van der Waals surface area contributed by atoms with Gasteiger partial charge in [0.2, 0.25) is 5.91 Å². The lowest BCUT2D eigenvalue weighted by atomic mass is 9.86. The summed E-state index contributed by atoms with van der Waals surface area (Å²) >= 11 is 0. The highest BCUT2D eigenvalue weighted by Crippen LogP contribution is 2.34. The number of aliphatic hydroxyl groups excluding tert-OH is 1. The van der Waals surface area contributed by atoms with Gasteiger partial charge in [-0.3, -0.25) is 4.79 Å². The first-order valence-electron chi connectivity index (χ1n) is 9.17. The van der Waals surface area contributed by atoms with Crippen molar-refractivity contribution in [1.29, 1.82) is 0 Å². The van der Waals surface area contributed by atoms with Gasteiger partial charge in [-0.15, -0.1) is 0 Å². The second-order valence-corrected chi connectivity index (χ2v) is 8.18. The number of nitrogens with zero attached hydrogens (tertiary/aromatic N) is 2. The summed E-state index contributed by atoms with van der Waals surface area (Å²) in [6.07, 6.45) is 1.46. The number of aliphatic hydroxyl groups is 1. The van der Waals surface area contributed by atoms with E-state index in [-0.39, 0.29) is 35.8 Å². The van der Waals surface area contributed by atoms with Crippen molar-refractivity contribution in [2.24, 2.45) is 5.41 Å². The first kappa shape index (κ1) is 19.5. The number of rotatable bonds is 4. The second-order valence-electron chi connectivity index (χ2n) is 8.18. The molecule has 3 N–H and O–H groups in total. The first-order valence-corrected chi connectivity index (χ1v) is 9.17. The molecule has 1 aliphatic rings. The maximum atomic E-state index is 13.5. The molecule has 1 aliphatic heterocycles. The normalized spacial score (nSPS) is 21.5. The van der Waals surface area contributed by atoms with Gasteiger partial charge in [0, 0.05) is 18.5 Å². The number of halogens is 1. The molecule has 0 unspecified atom stereocenters. The summed E-state index contributed by atoms with van der Waals surface area (Å²) in [6.45, 7) is 6.28. The molecule has 0 spiro atoms. The summed E-state index contributed by atoms with van der Waals surface area (Å²) in [4.78, 5) is 22.4. The zero-order valence-electron chi connectivity index (χ0n) is 16.2. The van der Waals surface area contributed by atoms with Crippen LogP contribution in [0.25, 0.3) is 11.3 Å². The quantitative estimate of drug-likeness (QED) is 0.768. The van der Waals surface area contributed by atoms with E-state index in [1.165, 1.54) is 12.1 Å². The van der Waals surface area contributed by atoms with Gasteiger partial charge in [-0.2, -0.15) is 0 Å². The van der Waals surface area contributed by atoms with Crippen LogP contribution in [0.3, 0.4) is 0 Å². The van der Waals surface area contributed by atoms with Crippen molar-refractivity contribution >= 4 is 5.91 Å². The monoisotopic (exact) mass is 374 g/mol. The Hall–Kier alpha value is -2.25. The predicted molar refractivity (Wildman–Crippen MR) is 101 cm³/mol. The fourth-order valence-corrected chi connectivity index (χ4v) is 3.72. The standard InChI is InChI=1S/C20H27FN4O2/c1-20(2,3)17(22-4)19(27)25-11-14(26)9-16(25)18-23-10-15(24-18)12-6-5-7-13(21)8-12/h5-8,10,14,16-17,22,26H,9,11H2,1-4H3,(H,23,24)/t14-,16+,17-/m1/s1. The van der Waals surface area contributed by atoms with Gasteiger partial charge in [-0.1, -0.05) is 32.9 Å². The summed E-state index contributed by atoms with van der Waals surface area (Å²) < 4.78 is 13.5. The van der Waals surface area contributed by atoms with Crippen LogP contribution in [0.2, 0.25) is 0 Å². The van der Waals surface area contributed by atoms with Gasteiger partial charge >= 0.3 is 0 Å². The lowest BCUT2D eigenvalue weighted by molar-refractivity contribution is -0.137. The molecule has 27 heavy (non-hydrogen) atoms. The van der Waals surface area contributed by atoms with Crippen molar-refractivity contribution in [3.8, 4) is 11.3 Å². The van der Waals surface area contributed by atoms with Crippen LogP contribution in [-0.2, 0) is 4.79 Å². The van der Waals surface area contributed by atoms with Gasteiger partial charge in [0.05, 0.1) is 30.1 Å². The summed E-state index contributed by atoms with van der Waals surface area (Å²) in [7, 11) is 1.77. The van der Waals surface area contributed by atoms with E-state index < -0.39 is 6.10 Å². The van der Waals surface area contributed by atoms with Gasteiger partial charge in [0.25, 0.3) is 0 Å². The van der Waals surface area contributed by atoms with E-state index in [4.69, 9.17) is 0 Å². The Balaban J connectivity index is 1.88. The van der Waals surface area contributed by atoms with Gasteiger partial charge < -0.3 is 20.3 Å². The number of H-pyrrole nitrogens is 1. The maximum Gasteiger partial charge on any atom is 0.240 e. The van der Waals surface area contributed by atoms with E-state index in [1.807, 2.05) is 20.8 Å². The third kappa shape index (κ3) is 4.04. The van der Waals surface area contributed by atoms with Gasteiger partial charge in [-0.25, -0.2) is 9.37 Å². The highest BCUT2D eigenvalue weighted by atomic mass is 19.1. The Morgan fingerprint density at radius 3 is 2.81 bits per heavy atom. The number of amides is 1. The highest BCUT2D eigenvalue weighted by Gasteiger charge is 2.42. The van der Waals surface area contributed by atoms with Crippen molar-refractivity contribution in [2.45, 2.75) is 45.4 Å². The summed E-state index contributed by atoms with van der Waals surface area (Å²) in [5.74, 6) is 0.219. The summed E-state index contributed by atoms with van der Waals surface area (Å²) in [5, 5.41) is 13.3. The Kier molecular flexibility index (Phi) is 5.35.